The van der Waals surface area contributed by atoms with Gasteiger partial charge in [-0.25, -0.2) is 0 Å². The number of hydrogen-bond donors (Lipinski definition) is 2. The number of benzene rings is 1. The Kier molecular flexibility index (Phi) is 4.23. The summed E-state index contributed by atoms with van der Waals surface area (Å²) in [5.74, 6) is 0.536. The van der Waals surface area contributed by atoms with Crippen molar-refractivity contribution in [3.05, 3.63) is 24.4 Å². The van der Waals surface area contributed by atoms with E-state index in [4.69, 9.17) is 15.2 Å². The van der Waals surface area contributed by atoms with E-state index in [1.807, 2.05) is 18.2 Å². The molecule has 1 aromatic carbocycles. The maximum atomic E-state index is 11.7. The smallest absolute Gasteiger partial charge is 0.308 e. The number of hydrogen-bond acceptors (Lipinski definition) is 6. The van der Waals surface area contributed by atoms with Crippen LogP contribution in [-0.2, 0) is 9.53 Å². The second-order valence-electron chi connectivity index (χ2n) is 5.82. The minimum atomic E-state index is -0.136. The van der Waals surface area contributed by atoms with Crippen molar-refractivity contribution in [3.63, 3.8) is 0 Å². The van der Waals surface area contributed by atoms with Gasteiger partial charge in [-0.15, -0.1) is 0 Å². The van der Waals surface area contributed by atoms with Gasteiger partial charge in [-0.3, -0.25) is 9.78 Å². The largest absolute Gasteiger partial charge is 0.494 e. The van der Waals surface area contributed by atoms with E-state index in [0.717, 1.165) is 35.9 Å². The van der Waals surface area contributed by atoms with Crippen molar-refractivity contribution in [2.75, 3.05) is 25.3 Å². The number of nitrogens with one attached hydrogen (secondary N) is 1. The third-order valence-electron chi connectivity index (χ3n) is 4.43. The van der Waals surface area contributed by atoms with E-state index in [1.165, 1.54) is 7.11 Å². The van der Waals surface area contributed by atoms with Crippen LogP contribution in [0.4, 0.5) is 11.4 Å². The van der Waals surface area contributed by atoms with Crippen LogP contribution in [0.2, 0.25) is 0 Å². The summed E-state index contributed by atoms with van der Waals surface area (Å²) in [5.41, 5.74) is 8.33. The zero-order valence-electron chi connectivity index (χ0n) is 13.3. The minimum absolute atomic E-state index is 0.0404. The Hall–Kier alpha value is -2.50. The monoisotopic (exact) mass is 315 g/mol. The molecule has 1 aromatic heterocycles. The van der Waals surface area contributed by atoms with Gasteiger partial charge in [0.05, 0.1) is 37.7 Å². The summed E-state index contributed by atoms with van der Waals surface area (Å²) >= 11 is 0. The van der Waals surface area contributed by atoms with Crippen LogP contribution >= 0.6 is 0 Å². The fourth-order valence-electron chi connectivity index (χ4n) is 3.23. The third-order valence-corrected chi connectivity index (χ3v) is 4.43. The van der Waals surface area contributed by atoms with Crippen LogP contribution in [0.1, 0.15) is 19.3 Å². The summed E-state index contributed by atoms with van der Waals surface area (Å²) in [5, 5.41) is 4.41. The summed E-state index contributed by atoms with van der Waals surface area (Å²) in [6.07, 6.45) is 4.13. The molecule has 3 N–H and O–H groups in total. The van der Waals surface area contributed by atoms with E-state index < -0.39 is 0 Å². The molecule has 0 bridgehead atoms. The lowest BCUT2D eigenvalue weighted by atomic mass is 10.1. The molecule has 0 aliphatic heterocycles. The molecule has 2 aromatic rings. The highest BCUT2D eigenvalue weighted by molar-refractivity contribution is 5.99. The SMILES string of the molecule is COC(=O)[C@@H]1CC[C@H](Nc2c(N)cnc3c(OC)cccc23)C1. The van der Waals surface area contributed by atoms with Crippen LogP contribution in [-0.4, -0.2) is 31.2 Å². The molecule has 0 saturated heterocycles. The van der Waals surface area contributed by atoms with Gasteiger partial charge in [0.2, 0.25) is 0 Å². The average molecular weight is 315 g/mol. The zero-order valence-corrected chi connectivity index (χ0v) is 13.3. The Bertz CT molecular complexity index is 732. The van der Waals surface area contributed by atoms with E-state index in [0.29, 0.717) is 11.4 Å². The maximum Gasteiger partial charge on any atom is 0.308 e. The highest BCUT2D eigenvalue weighted by Gasteiger charge is 2.31. The molecule has 122 valence electrons. The number of methoxy groups -OCH3 is 2. The Morgan fingerprint density at radius 3 is 2.91 bits per heavy atom. The van der Waals surface area contributed by atoms with Gasteiger partial charge in [0.25, 0.3) is 0 Å². The number of nitrogen functional groups attached to an aromatic ring is 1. The number of carbonyl (C=O) groups is 1. The number of carbonyl (C=O) groups excluding carboxylic acids is 1. The molecule has 1 aliphatic rings. The molecule has 6 nitrogen and oxygen atoms in total. The molecular weight excluding hydrogens is 294 g/mol. The summed E-state index contributed by atoms with van der Waals surface area (Å²) in [6, 6.07) is 5.95. The van der Waals surface area contributed by atoms with Crippen LogP contribution in [0.3, 0.4) is 0 Å². The molecule has 0 amide bonds. The van der Waals surface area contributed by atoms with Gasteiger partial charge in [0.1, 0.15) is 11.3 Å². The van der Waals surface area contributed by atoms with Crippen LogP contribution < -0.4 is 15.8 Å². The van der Waals surface area contributed by atoms with Gasteiger partial charge in [-0.1, -0.05) is 12.1 Å². The molecule has 0 unspecified atom stereocenters. The summed E-state index contributed by atoms with van der Waals surface area (Å²) in [7, 11) is 3.06. The van der Waals surface area contributed by atoms with Gasteiger partial charge in [-0.2, -0.15) is 0 Å². The summed E-state index contributed by atoms with van der Waals surface area (Å²) in [4.78, 5) is 16.1. The fourth-order valence-corrected chi connectivity index (χ4v) is 3.23. The van der Waals surface area contributed by atoms with E-state index in [2.05, 4.69) is 10.3 Å². The second kappa shape index (κ2) is 6.32. The normalized spacial score (nSPS) is 20.4. The number of anilines is 2. The number of aromatic nitrogens is 1. The van der Waals surface area contributed by atoms with Gasteiger partial charge >= 0.3 is 5.97 Å². The molecule has 0 spiro atoms. The standard InChI is InChI=1S/C17H21N3O3/c1-22-14-5-3-4-12-15(13(18)9-19-16(12)14)20-11-7-6-10(8-11)17(21)23-2/h3-5,9-11H,6-8,18H2,1-2H3,(H,19,20)/t10-,11+/m1/s1. The Labute approximate surface area is 135 Å². The van der Waals surface area contributed by atoms with E-state index in [1.54, 1.807) is 13.3 Å². The van der Waals surface area contributed by atoms with Gasteiger partial charge in [-0.05, 0) is 25.3 Å². The number of fused-ring (bicyclic) bond motifs is 1. The molecule has 0 radical (unpaired) electrons. The van der Waals surface area contributed by atoms with Gasteiger partial charge in [0, 0.05) is 11.4 Å². The van der Waals surface area contributed by atoms with Crippen LogP contribution in [0.15, 0.2) is 24.4 Å². The van der Waals surface area contributed by atoms with E-state index >= 15 is 0 Å². The number of nitrogens with two attached hydrogens (primary N) is 1. The summed E-state index contributed by atoms with van der Waals surface area (Å²) in [6.45, 7) is 0. The predicted molar refractivity (Wildman–Crippen MR) is 89.5 cm³/mol. The maximum absolute atomic E-state index is 11.7. The minimum Gasteiger partial charge on any atom is -0.494 e. The van der Waals surface area contributed by atoms with Crippen molar-refractivity contribution in [1.82, 2.24) is 4.98 Å². The molecule has 23 heavy (non-hydrogen) atoms. The first-order valence-electron chi connectivity index (χ1n) is 7.69. The highest BCUT2D eigenvalue weighted by Crippen LogP contribution is 2.36. The zero-order chi connectivity index (χ0) is 16.4. The van der Waals surface area contributed by atoms with Crippen molar-refractivity contribution >= 4 is 28.2 Å². The first kappa shape index (κ1) is 15.4. The Balaban J connectivity index is 1.89. The first-order chi connectivity index (χ1) is 11.1. The van der Waals surface area contributed by atoms with Crippen molar-refractivity contribution in [3.8, 4) is 5.75 Å². The topological polar surface area (TPSA) is 86.5 Å². The highest BCUT2D eigenvalue weighted by atomic mass is 16.5. The lowest BCUT2D eigenvalue weighted by molar-refractivity contribution is -0.145. The van der Waals surface area contributed by atoms with Crippen molar-refractivity contribution in [1.29, 1.82) is 0 Å². The number of ether oxygens (including phenoxy) is 2. The number of rotatable bonds is 4. The van der Waals surface area contributed by atoms with Gasteiger partial charge < -0.3 is 20.5 Å². The van der Waals surface area contributed by atoms with Crippen molar-refractivity contribution in [2.45, 2.75) is 25.3 Å². The molecule has 1 fully saturated rings. The van der Waals surface area contributed by atoms with Gasteiger partial charge in [0.15, 0.2) is 0 Å². The average Bonchev–Trinajstić information content (AvgIpc) is 3.04. The van der Waals surface area contributed by atoms with Crippen LogP contribution in [0, 0.1) is 5.92 Å². The Morgan fingerprint density at radius 2 is 2.17 bits per heavy atom. The molecular formula is C17H21N3O3. The predicted octanol–water partition coefficient (Wildman–Crippen LogP) is 2.58. The number of pyridine rings is 1. The molecule has 1 saturated carbocycles. The molecule has 6 heteroatoms. The number of esters is 1. The fraction of sp³-hybridized carbons (Fsp3) is 0.412. The number of para-hydroxylation sites is 1. The van der Waals surface area contributed by atoms with Crippen molar-refractivity contribution in [2.24, 2.45) is 5.92 Å². The van der Waals surface area contributed by atoms with Crippen LogP contribution in [0.5, 0.6) is 5.75 Å². The quantitative estimate of drug-likeness (QED) is 0.843. The van der Waals surface area contributed by atoms with E-state index in [9.17, 15) is 4.79 Å². The lowest BCUT2D eigenvalue weighted by Crippen LogP contribution is -2.19. The second-order valence-corrected chi connectivity index (χ2v) is 5.82. The molecule has 2 atom stereocenters. The van der Waals surface area contributed by atoms with E-state index in [-0.39, 0.29) is 17.9 Å². The molecule has 3 rings (SSSR count). The van der Waals surface area contributed by atoms with Crippen molar-refractivity contribution < 1.29 is 14.3 Å². The third kappa shape index (κ3) is 2.88. The molecule has 1 heterocycles. The lowest BCUT2D eigenvalue weighted by Gasteiger charge is -2.18. The Morgan fingerprint density at radius 1 is 1.35 bits per heavy atom. The van der Waals surface area contributed by atoms with Crippen LogP contribution in [0.25, 0.3) is 10.9 Å². The molecule has 1 aliphatic carbocycles. The first-order valence-corrected chi connectivity index (χ1v) is 7.69. The number of nitrogens with zero attached hydrogens (tertiary/aromatic N) is 1. The summed E-state index contributed by atoms with van der Waals surface area (Å²) < 4.78 is 10.2.